The van der Waals surface area contributed by atoms with E-state index in [4.69, 9.17) is 8.85 Å². The van der Waals surface area contributed by atoms with Gasteiger partial charge in [0.2, 0.25) is 0 Å². The van der Waals surface area contributed by atoms with Gasteiger partial charge in [0.15, 0.2) is 0 Å². The Bertz CT molecular complexity index is 138. The Balaban J connectivity index is 4.48. The zero-order chi connectivity index (χ0) is 10.5. The molecule has 0 aromatic heterocycles. The van der Waals surface area contributed by atoms with Crippen LogP contribution in [0.15, 0.2) is 0 Å². The van der Waals surface area contributed by atoms with Crippen molar-refractivity contribution < 1.29 is 8.85 Å². The lowest BCUT2D eigenvalue weighted by Gasteiger charge is -2.35. The zero-order valence-corrected chi connectivity index (χ0v) is 10.8. The maximum Gasteiger partial charge on any atom is 0.427 e. The molecule has 0 radical (unpaired) electrons. The molecule has 0 saturated carbocycles. The summed E-state index contributed by atoms with van der Waals surface area (Å²) in [5, 5.41) is 0. The van der Waals surface area contributed by atoms with Crippen molar-refractivity contribution in [2.24, 2.45) is 5.92 Å². The van der Waals surface area contributed by atoms with Crippen LogP contribution in [0.2, 0.25) is 6.04 Å². The van der Waals surface area contributed by atoms with Crippen molar-refractivity contribution in [1.29, 1.82) is 0 Å². The Morgan fingerprint density at radius 1 is 1.23 bits per heavy atom. The monoisotopic (exact) mass is 205 g/mol. The predicted octanol–water partition coefficient (Wildman–Crippen LogP) is 1.83. The van der Waals surface area contributed by atoms with Crippen molar-refractivity contribution in [3.63, 3.8) is 0 Å². The lowest BCUT2D eigenvalue weighted by Crippen LogP contribution is -2.56. The molecule has 0 unspecified atom stereocenters. The highest BCUT2D eigenvalue weighted by Crippen LogP contribution is 2.20. The van der Waals surface area contributed by atoms with E-state index in [0.717, 1.165) is 12.6 Å². The van der Waals surface area contributed by atoms with Gasteiger partial charge in [-0.25, -0.2) is 0 Å². The van der Waals surface area contributed by atoms with E-state index in [1.54, 1.807) is 14.2 Å². The highest BCUT2D eigenvalue weighted by molar-refractivity contribution is 6.64. The van der Waals surface area contributed by atoms with Gasteiger partial charge in [0.25, 0.3) is 0 Å². The van der Waals surface area contributed by atoms with Gasteiger partial charge in [-0.3, -0.25) is 4.57 Å². The van der Waals surface area contributed by atoms with Gasteiger partial charge < -0.3 is 8.85 Å². The van der Waals surface area contributed by atoms with E-state index in [1.165, 1.54) is 0 Å². The molecule has 0 rings (SSSR count). The molecule has 0 heterocycles. The molecule has 0 aromatic carbocycles. The predicted molar refractivity (Wildman–Crippen MR) is 57.7 cm³/mol. The van der Waals surface area contributed by atoms with Crippen LogP contribution < -0.4 is 0 Å². The molecule has 0 bridgehead atoms. The third-order valence-electron chi connectivity index (χ3n) is 2.36. The fourth-order valence-electron chi connectivity index (χ4n) is 1.47. The van der Waals surface area contributed by atoms with E-state index in [9.17, 15) is 0 Å². The molecule has 3 nitrogen and oxygen atoms in total. The Hall–Kier alpha value is 0.0969. The van der Waals surface area contributed by atoms with E-state index in [2.05, 4.69) is 32.4 Å². The summed E-state index contributed by atoms with van der Waals surface area (Å²) in [6, 6.07) is 1.02. The quantitative estimate of drug-likeness (QED) is 0.618. The van der Waals surface area contributed by atoms with Crippen molar-refractivity contribution >= 4 is 8.72 Å². The summed E-state index contributed by atoms with van der Waals surface area (Å²) in [7, 11) is 3.50. The van der Waals surface area contributed by atoms with Gasteiger partial charge in [-0.2, -0.15) is 0 Å². The summed E-state index contributed by atoms with van der Waals surface area (Å²) in [5.74, 6) is 0.612. The average Bonchev–Trinajstić information content (AvgIpc) is 2.12. The first-order chi connectivity index (χ1) is 6.02. The van der Waals surface area contributed by atoms with Gasteiger partial charge in [-0.05, 0) is 19.5 Å². The molecule has 0 amide bonds. The average molecular weight is 205 g/mol. The Labute approximate surface area is 83.4 Å². The molecule has 80 valence electrons. The van der Waals surface area contributed by atoms with Gasteiger partial charge in [-0.1, -0.05) is 20.8 Å². The van der Waals surface area contributed by atoms with Gasteiger partial charge in [0.05, 0.1) is 0 Å². The highest BCUT2D eigenvalue weighted by atomic mass is 28.4. The highest BCUT2D eigenvalue weighted by Gasteiger charge is 2.41. The molecule has 0 fully saturated rings. The first-order valence-electron chi connectivity index (χ1n) is 4.84. The van der Waals surface area contributed by atoms with Crippen molar-refractivity contribution in [3.8, 4) is 0 Å². The zero-order valence-electron chi connectivity index (χ0n) is 9.76. The van der Waals surface area contributed by atoms with Crippen LogP contribution in [0.4, 0.5) is 0 Å². The largest absolute Gasteiger partial charge is 0.427 e. The maximum atomic E-state index is 5.59. The Morgan fingerprint density at radius 3 is 1.92 bits per heavy atom. The standard InChI is InChI=1S/C9H23NO2Si/c1-7-10(4)13(11-5,12-6)8-9(2)3/h9H,7-8H2,1-6H3. The van der Waals surface area contributed by atoms with Crippen LogP contribution in [-0.4, -0.2) is 41.1 Å². The summed E-state index contributed by atoms with van der Waals surface area (Å²) in [6.07, 6.45) is 0. The van der Waals surface area contributed by atoms with Crippen LogP contribution in [0.3, 0.4) is 0 Å². The van der Waals surface area contributed by atoms with Crippen molar-refractivity contribution in [2.45, 2.75) is 26.8 Å². The van der Waals surface area contributed by atoms with E-state index in [0.29, 0.717) is 5.92 Å². The molecule has 0 aliphatic heterocycles. The second kappa shape index (κ2) is 5.75. The SMILES string of the molecule is CCN(C)[Si](CC(C)C)(OC)OC. The lowest BCUT2D eigenvalue weighted by molar-refractivity contribution is 0.173. The van der Waals surface area contributed by atoms with Crippen LogP contribution >= 0.6 is 0 Å². The molecule has 0 aliphatic carbocycles. The van der Waals surface area contributed by atoms with Gasteiger partial charge in [0, 0.05) is 20.3 Å². The van der Waals surface area contributed by atoms with E-state index >= 15 is 0 Å². The van der Waals surface area contributed by atoms with Crippen molar-refractivity contribution in [2.75, 3.05) is 27.8 Å². The van der Waals surface area contributed by atoms with Gasteiger partial charge >= 0.3 is 8.72 Å². The molecule has 13 heavy (non-hydrogen) atoms. The number of hydrogen-bond acceptors (Lipinski definition) is 3. The van der Waals surface area contributed by atoms with Crippen LogP contribution in [0.1, 0.15) is 20.8 Å². The van der Waals surface area contributed by atoms with Crippen LogP contribution in [0, 0.1) is 5.92 Å². The normalized spacial score (nSPS) is 12.9. The molecule has 0 saturated heterocycles. The first-order valence-corrected chi connectivity index (χ1v) is 6.81. The molecule has 0 N–H and O–H groups in total. The fraction of sp³-hybridized carbons (Fsp3) is 1.00. The minimum Gasteiger partial charge on any atom is -0.386 e. The molecular weight excluding hydrogens is 182 g/mol. The minimum atomic E-state index is -2.08. The molecule has 0 spiro atoms. The van der Waals surface area contributed by atoms with Crippen molar-refractivity contribution in [1.82, 2.24) is 4.57 Å². The number of rotatable bonds is 6. The third kappa shape index (κ3) is 3.38. The van der Waals surface area contributed by atoms with Crippen LogP contribution in [0.25, 0.3) is 0 Å². The molecule has 0 aromatic rings. The molecular formula is C9H23NO2Si. The van der Waals surface area contributed by atoms with E-state index in [1.807, 2.05) is 0 Å². The van der Waals surface area contributed by atoms with E-state index in [-0.39, 0.29) is 0 Å². The lowest BCUT2D eigenvalue weighted by atomic mass is 10.3. The molecule has 0 atom stereocenters. The Morgan fingerprint density at radius 2 is 1.69 bits per heavy atom. The second-order valence-corrected chi connectivity index (χ2v) is 7.15. The second-order valence-electron chi connectivity index (χ2n) is 3.73. The summed E-state index contributed by atoms with van der Waals surface area (Å²) < 4.78 is 13.4. The summed E-state index contributed by atoms with van der Waals surface area (Å²) in [5.41, 5.74) is 0. The van der Waals surface area contributed by atoms with Crippen LogP contribution in [-0.2, 0) is 8.85 Å². The summed E-state index contributed by atoms with van der Waals surface area (Å²) in [6.45, 7) is 7.49. The van der Waals surface area contributed by atoms with Crippen molar-refractivity contribution in [3.05, 3.63) is 0 Å². The van der Waals surface area contributed by atoms with Gasteiger partial charge in [-0.15, -0.1) is 0 Å². The maximum absolute atomic E-state index is 5.59. The van der Waals surface area contributed by atoms with E-state index < -0.39 is 8.72 Å². The third-order valence-corrected chi connectivity index (χ3v) is 6.45. The van der Waals surface area contributed by atoms with Crippen LogP contribution in [0.5, 0.6) is 0 Å². The summed E-state index contributed by atoms with van der Waals surface area (Å²) >= 11 is 0. The topological polar surface area (TPSA) is 21.7 Å². The molecule has 0 aliphatic rings. The smallest absolute Gasteiger partial charge is 0.386 e. The fourth-order valence-corrected chi connectivity index (χ4v) is 4.42. The first kappa shape index (κ1) is 13.1. The molecule has 4 heteroatoms. The minimum absolute atomic E-state index is 0.612. The van der Waals surface area contributed by atoms with Gasteiger partial charge in [0.1, 0.15) is 0 Å². The summed E-state index contributed by atoms with van der Waals surface area (Å²) in [4.78, 5) is 0. The Kier molecular flexibility index (Phi) is 5.79. The number of nitrogens with zero attached hydrogens (tertiary/aromatic N) is 1. The number of hydrogen-bond donors (Lipinski definition) is 0.